The van der Waals surface area contributed by atoms with E-state index >= 15 is 0 Å². The molecule has 0 unspecified atom stereocenters. The van der Waals surface area contributed by atoms with Gasteiger partial charge in [0.05, 0.1) is 0 Å². The molecule has 0 atom stereocenters. The maximum Gasteiger partial charge on any atom is -0.00195 e. The molecule has 0 fully saturated rings. The second-order valence-corrected chi connectivity index (χ2v) is 4.93. The van der Waals surface area contributed by atoms with Gasteiger partial charge in [0.2, 0.25) is 0 Å². The van der Waals surface area contributed by atoms with Gasteiger partial charge in [-0.2, -0.15) is 0 Å². The summed E-state index contributed by atoms with van der Waals surface area (Å²) in [5.41, 5.74) is 7.71. The van der Waals surface area contributed by atoms with E-state index < -0.39 is 0 Å². The van der Waals surface area contributed by atoms with Crippen LogP contribution in [0, 0.1) is 0 Å². The first kappa shape index (κ1) is 14.8. The van der Waals surface area contributed by atoms with E-state index in [1.807, 2.05) is 0 Å². The van der Waals surface area contributed by atoms with Crippen molar-refractivity contribution in [2.24, 2.45) is 0 Å². The Bertz CT molecular complexity index is 381. The molecule has 1 rings (SSSR count). The maximum absolute atomic E-state index is 3.64. The summed E-state index contributed by atoms with van der Waals surface area (Å²) < 4.78 is 0. The Kier molecular flexibility index (Phi) is 7.22. The van der Waals surface area contributed by atoms with Crippen molar-refractivity contribution >= 4 is 5.57 Å². The van der Waals surface area contributed by atoms with Crippen LogP contribution in [0.25, 0.3) is 5.57 Å². The Morgan fingerprint density at radius 2 is 1.50 bits per heavy atom. The van der Waals surface area contributed by atoms with Gasteiger partial charge in [0.25, 0.3) is 0 Å². The third kappa shape index (κ3) is 5.38. The molecule has 98 valence electrons. The number of hydrogen-bond donors (Lipinski definition) is 0. The van der Waals surface area contributed by atoms with Crippen LogP contribution in [-0.4, -0.2) is 0 Å². The van der Waals surface area contributed by atoms with E-state index in [1.54, 1.807) is 0 Å². The van der Waals surface area contributed by atoms with Crippen LogP contribution < -0.4 is 0 Å². The van der Waals surface area contributed by atoms with Crippen molar-refractivity contribution in [1.29, 1.82) is 0 Å². The van der Waals surface area contributed by atoms with Gasteiger partial charge in [-0.15, -0.1) is 5.73 Å². The van der Waals surface area contributed by atoms with Gasteiger partial charge < -0.3 is 0 Å². The number of rotatable bonds is 7. The molecule has 0 saturated heterocycles. The molecule has 0 aromatic heterocycles. The summed E-state index contributed by atoms with van der Waals surface area (Å²) >= 11 is 0. The Morgan fingerprint density at radius 3 is 2.00 bits per heavy atom. The van der Waals surface area contributed by atoms with Gasteiger partial charge in [-0.05, 0) is 49.3 Å². The van der Waals surface area contributed by atoms with Crippen LogP contribution in [0.5, 0.6) is 0 Å². The largest absolute Gasteiger partial charge is 0.118 e. The highest BCUT2D eigenvalue weighted by Gasteiger charge is 1.98. The fourth-order valence-corrected chi connectivity index (χ4v) is 2.06. The molecule has 18 heavy (non-hydrogen) atoms. The van der Waals surface area contributed by atoms with Crippen molar-refractivity contribution in [2.75, 3.05) is 0 Å². The summed E-state index contributed by atoms with van der Waals surface area (Å²) in [6.45, 7) is 6.68. The van der Waals surface area contributed by atoms with Crippen molar-refractivity contribution in [3.63, 3.8) is 0 Å². The monoisotopic (exact) mass is 242 g/mol. The third-order valence-electron chi connectivity index (χ3n) is 3.24. The standard InChI is InChI=1S/C18H26/c1-4-6-11-17(12-7-5-2)15-16(3)18-13-9-8-10-14-18/h8-10,13-14H,4-7,11-12H2,1-3H3. The molecule has 0 heteroatoms. The second kappa shape index (κ2) is 8.78. The second-order valence-electron chi connectivity index (χ2n) is 4.93. The zero-order chi connectivity index (χ0) is 13.2. The number of hydrogen-bond acceptors (Lipinski definition) is 0. The van der Waals surface area contributed by atoms with Crippen LogP contribution in [0.2, 0.25) is 0 Å². The zero-order valence-electron chi connectivity index (χ0n) is 12.1. The highest BCUT2D eigenvalue weighted by atomic mass is 14.0. The minimum Gasteiger partial charge on any atom is -0.118 e. The summed E-state index contributed by atoms with van der Waals surface area (Å²) in [7, 11) is 0. The maximum atomic E-state index is 3.64. The van der Waals surface area contributed by atoms with Crippen LogP contribution in [0.1, 0.15) is 64.9 Å². The Balaban J connectivity index is 2.89. The van der Waals surface area contributed by atoms with Crippen LogP contribution in [-0.2, 0) is 0 Å². The first-order chi connectivity index (χ1) is 8.77. The molecule has 0 spiro atoms. The topological polar surface area (TPSA) is 0 Å². The van der Waals surface area contributed by atoms with Crippen molar-refractivity contribution in [2.45, 2.75) is 59.3 Å². The summed E-state index contributed by atoms with van der Waals surface area (Å²) in [5, 5.41) is 0. The van der Waals surface area contributed by atoms with Crippen LogP contribution in [0.4, 0.5) is 0 Å². The van der Waals surface area contributed by atoms with Crippen molar-refractivity contribution in [3.8, 4) is 0 Å². The molecule has 1 aromatic rings. The van der Waals surface area contributed by atoms with E-state index in [0.717, 1.165) is 0 Å². The summed E-state index contributed by atoms with van der Waals surface area (Å²) in [5.74, 6) is 0. The zero-order valence-corrected chi connectivity index (χ0v) is 12.1. The molecular formula is C18H26. The van der Waals surface area contributed by atoms with Gasteiger partial charge >= 0.3 is 0 Å². The average molecular weight is 242 g/mol. The predicted octanol–water partition coefficient (Wildman–Crippen LogP) is 6.00. The van der Waals surface area contributed by atoms with E-state index in [2.05, 4.69) is 56.8 Å². The molecule has 0 heterocycles. The van der Waals surface area contributed by atoms with E-state index in [1.165, 1.54) is 55.2 Å². The molecule has 0 saturated carbocycles. The fourth-order valence-electron chi connectivity index (χ4n) is 2.06. The van der Waals surface area contributed by atoms with Crippen molar-refractivity contribution < 1.29 is 0 Å². The van der Waals surface area contributed by atoms with Gasteiger partial charge in [-0.1, -0.05) is 57.0 Å². The van der Waals surface area contributed by atoms with Crippen LogP contribution in [0.15, 0.2) is 41.6 Å². The summed E-state index contributed by atoms with van der Waals surface area (Å²) in [6, 6.07) is 10.6. The van der Waals surface area contributed by atoms with E-state index in [4.69, 9.17) is 0 Å². The van der Waals surface area contributed by atoms with Gasteiger partial charge in [-0.25, -0.2) is 0 Å². The van der Waals surface area contributed by atoms with E-state index in [0.29, 0.717) is 0 Å². The molecular weight excluding hydrogens is 216 g/mol. The minimum atomic E-state index is 1.21. The molecule has 0 aliphatic rings. The van der Waals surface area contributed by atoms with Crippen LogP contribution >= 0.6 is 0 Å². The lowest BCUT2D eigenvalue weighted by Gasteiger charge is -2.04. The average Bonchev–Trinajstić information content (AvgIpc) is 2.42. The van der Waals surface area contributed by atoms with Crippen LogP contribution in [0.3, 0.4) is 0 Å². The molecule has 0 radical (unpaired) electrons. The lowest BCUT2D eigenvalue weighted by molar-refractivity contribution is 0.714. The van der Waals surface area contributed by atoms with Crippen molar-refractivity contribution in [1.82, 2.24) is 0 Å². The summed E-state index contributed by atoms with van der Waals surface area (Å²) in [4.78, 5) is 0. The Labute approximate surface area is 112 Å². The number of unbranched alkanes of at least 4 members (excludes halogenated alkanes) is 2. The molecule has 0 aliphatic heterocycles. The fraction of sp³-hybridized carbons (Fsp3) is 0.500. The third-order valence-corrected chi connectivity index (χ3v) is 3.24. The first-order valence-corrected chi connectivity index (χ1v) is 7.28. The Hall–Kier alpha value is -1.26. The lowest BCUT2D eigenvalue weighted by atomic mass is 10.0. The smallest absolute Gasteiger partial charge is 0.00195 e. The van der Waals surface area contributed by atoms with Gasteiger partial charge in [0, 0.05) is 0 Å². The first-order valence-electron chi connectivity index (χ1n) is 7.28. The van der Waals surface area contributed by atoms with E-state index in [9.17, 15) is 0 Å². The molecule has 0 aliphatic carbocycles. The molecule has 0 nitrogen and oxygen atoms in total. The molecule has 0 amide bonds. The minimum absolute atomic E-state index is 1.21. The number of allylic oxidation sites excluding steroid dienone is 1. The lowest BCUT2D eigenvalue weighted by Crippen LogP contribution is -1.85. The highest BCUT2D eigenvalue weighted by molar-refractivity contribution is 5.63. The van der Waals surface area contributed by atoms with E-state index in [-0.39, 0.29) is 0 Å². The molecule has 0 bridgehead atoms. The predicted molar refractivity (Wildman–Crippen MR) is 81.6 cm³/mol. The van der Waals surface area contributed by atoms with Crippen molar-refractivity contribution in [3.05, 3.63) is 47.2 Å². The SMILES string of the molecule is CCCCC(=C=C(C)c1ccccc1)CCCC. The quantitative estimate of drug-likeness (QED) is 0.515. The highest BCUT2D eigenvalue weighted by Crippen LogP contribution is 2.18. The summed E-state index contributed by atoms with van der Waals surface area (Å²) in [6.07, 6.45) is 7.52. The molecule has 1 aromatic carbocycles. The van der Waals surface area contributed by atoms with Gasteiger partial charge in [0.15, 0.2) is 0 Å². The number of benzene rings is 1. The van der Waals surface area contributed by atoms with Gasteiger partial charge in [-0.3, -0.25) is 0 Å². The molecule has 0 N–H and O–H groups in total. The normalized spacial score (nSPS) is 9.94. The Morgan fingerprint density at radius 1 is 0.944 bits per heavy atom. The van der Waals surface area contributed by atoms with Gasteiger partial charge in [0.1, 0.15) is 0 Å².